The zero-order valence-corrected chi connectivity index (χ0v) is 47.4. The van der Waals surface area contributed by atoms with E-state index in [0.717, 1.165) is 54.7 Å². The lowest BCUT2D eigenvalue weighted by Gasteiger charge is -2.34. The van der Waals surface area contributed by atoms with Crippen molar-refractivity contribution in [2.75, 3.05) is 40.3 Å². The quantitative estimate of drug-likeness (QED) is 0.0459. The summed E-state index contributed by atoms with van der Waals surface area (Å²) in [7, 11) is 3.66. The zero-order valence-electron chi connectivity index (χ0n) is 47.4. The molecule has 0 bridgehead atoms. The number of nitrogens with one attached hydrogen (secondary N) is 6. The number of primary amides is 1. The maximum Gasteiger partial charge on any atom is 0.248 e. The number of fused-ring (bicyclic) bond motifs is 2. The van der Waals surface area contributed by atoms with E-state index < -0.39 is 152 Å². The number of carbonyl (C=O) groups excluding carboxylic acids is 8. The Kier molecular flexibility index (Phi) is 27.4. The van der Waals surface area contributed by atoms with Gasteiger partial charge in [-0.2, -0.15) is 0 Å². The number of phenolic OH excluding ortho intramolecular Hbond substituents is 1. The molecule has 3 saturated heterocycles. The van der Waals surface area contributed by atoms with Gasteiger partial charge in [-0.05, 0) is 89.3 Å². The monoisotopic (exact) mass is 1130 g/mol. The van der Waals surface area contributed by atoms with Gasteiger partial charge in [0.2, 0.25) is 47.3 Å². The van der Waals surface area contributed by atoms with Crippen LogP contribution in [0.4, 0.5) is 0 Å². The van der Waals surface area contributed by atoms with Crippen LogP contribution < -0.4 is 37.6 Å². The molecule has 0 spiro atoms. The number of phenols is 1. The van der Waals surface area contributed by atoms with Gasteiger partial charge in [0.1, 0.15) is 48.2 Å². The maximum atomic E-state index is 14.7. The molecule has 4 rings (SSSR count). The molecule has 80 heavy (non-hydrogen) atoms. The molecule has 1 aromatic carbocycles. The maximum absolute atomic E-state index is 14.7. The molecule has 452 valence electrons. The van der Waals surface area contributed by atoms with E-state index in [4.69, 9.17) is 5.73 Å². The fourth-order valence-corrected chi connectivity index (χ4v) is 10.6. The first-order valence-electron chi connectivity index (χ1n) is 28.5. The van der Waals surface area contributed by atoms with E-state index in [0.29, 0.717) is 36.8 Å². The minimum absolute atomic E-state index is 0.0173. The highest BCUT2D eigenvalue weighted by Gasteiger charge is 2.48. The molecule has 3 fully saturated rings. The third-order valence-electron chi connectivity index (χ3n) is 15.3. The first-order valence-corrected chi connectivity index (χ1v) is 28.5. The number of hydrogen-bond acceptors (Lipinski definition) is 17. The molecule has 3 aliphatic rings. The van der Waals surface area contributed by atoms with Crippen molar-refractivity contribution in [1.29, 1.82) is 0 Å². The molecule has 0 aliphatic carbocycles. The summed E-state index contributed by atoms with van der Waals surface area (Å²) in [4.78, 5) is 117. The van der Waals surface area contributed by atoms with Gasteiger partial charge in [-0.3, -0.25) is 43.7 Å². The number of carbonyl (C=O) groups is 8. The number of nitrogens with two attached hydrogens (primary N) is 1. The molecule has 25 heteroatoms. The first-order chi connectivity index (χ1) is 37.8. The van der Waals surface area contributed by atoms with Gasteiger partial charge in [-0.1, -0.05) is 77.8 Å². The van der Waals surface area contributed by atoms with Crippen LogP contribution in [0, 0.1) is 11.8 Å². The number of amides is 8. The van der Waals surface area contributed by atoms with E-state index in [1.165, 1.54) is 37.6 Å². The Morgan fingerprint density at radius 1 is 0.738 bits per heavy atom. The van der Waals surface area contributed by atoms with E-state index >= 15 is 0 Å². The van der Waals surface area contributed by atoms with Crippen molar-refractivity contribution < 1.29 is 74.1 Å². The van der Waals surface area contributed by atoms with Crippen LogP contribution >= 0.6 is 0 Å². The van der Waals surface area contributed by atoms with Gasteiger partial charge in [0.05, 0.1) is 43.0 Å². The summed E-state index contributed by atoms with van der Waals surface area (Å²) in [6, 6.07) is -5.64. The van der Waals surface area contributed by atoms with E-state index in [-0.39, 0.29) is 38.1 Å². The van der Waals surface area contributed by atoms with Crippen LogP contribution in [-0.2, 0) is 44.8 Å². The van der Waals surface area contributed by atoms with Gasteiger partial charge in [-0.15, -0.1) is 0 Å². The average Bonchev–Trinajstić information content (AvgIpc) is 4.10. The van der Waals surface area contributed by atoms with Crippen LogP contribution in [0.25, 0.3) is 0 Å². The van der Waals surface area contributed by atoms with Crippen molar-refractivity contribution >= 4 is 47.3 Å². The lowest BCUT2D eigenvalue weighted by Crippen LogP contribution is -2.64. The fraction of sp³-hybridized carbons (Fsp3) is 0.745. The van der Waals surface area contributed by atoms with Gasteiger partial charge < -0.3 is 82.8 Å². The minimum atomic E-state index is -2.13. The molecular weight excluding hydrogens is 1040 g/mol. The van der Waals surface area contributed by atoms with Gasteiger partial charge in [0, 0.05) is 38.8 Å². The largest absolute Gasteiger partial charge is 0.508 e. The Labute approximate surface area is 469 Å². The van der Waals surface area contributed by atoms with Crippen molar-refractivity contribution in [1.82, 2.24) is 46.6 Å². The van der Waals surface area contributed by atoms with E-state index in [1.54, 1.807) is 0 Å². The molecule has 0 radical (unpaired) electrons. The third-order valence-corrected chi connectivity index (χ3v) is 15.3. The molecule has 15 atom stereocenters. The molecule has 15 N–H and O–H groups in total. The number of nitrogens with zero attached hydrogens (tertiary/aromatic N) is 3. The van der Waals surface area contributed by atoms with Crippen molar-refractivity contribution in [3.63, 3.8) is 0 Å². The SMILES string of the molecule is CC[C@H](C)C[C@H](C)CCCCCCCCC(=O)N[C@H]1C[C@@H](O)C(NCCCN(C)C)NC(=O)[C@@H]2[C@@H](O)CCN2C(=O)[C@H]([C@H](O)CC(N)=O)NC(=O)[C@H]([C@H](O)Cc2ccc(O)cc2)NC(=O)[C@@H]2C[C@@H](O)CN2C(=O)[C@H]([C@@H](C)O)NC1=O. The molecule has 0 saturated carbocycles. The van der Waals surface area contributed by atoms with Crippen LogP contribution in [0.2, 0.25) is 0 Å². The van der Waals surface area contributed by atoms with Crippen molar-refractivity contribution in [2.45, 2.75) is 209 Å². The Balaban J connectivity index is 1.75. The lowest BCUT2D eigenvalue weighted by atomic mass is 9.91. The summed E-state index contributed by atoms with van der Waals surface area (Å²) < 4.78 is 0. The first kappa shape index (κ1) is 67.0. The average molecular weight is 1130 g/mol. The number of rotatable bonds is 25. The number of benzene rings is 1. The van der Waals surface area contributed by atoms with E-state index in [2.05, 4.69) is 52.7 Å². The van der Waals surface area contributed by atoms with Crippen LogP contribution in [0.5, 0.6) is 5.75 Å². The Morgan fingerprint density at radius 3 is 2.00 bits per heavy atom. The molecule has 25 nitrogen and oxygen atoms in total. The summed E-state index contributed by atoms with van der Waals surface area (Å²) in [5.41, 5.74) is 5.77. The molecule has 1 unspecified atom stereocenters. The predicted octanol–water partition coefficient (Wildman–Crippen LogP) is -2.28. The van der Waals surface area contributed by atoms with Crippen LogP contribution in [-0.4, -0.2) is 217 Å². The normalized spacial score (nSPS) is 27.6. The van der Waals surface area contributed by atoms with Crippen LogP contribution in [0.1, 0.15) is 130 Å². The minimum Gasteiger partial charge on any atom is -0.508 e. The second-order valence-corrected chi connectivity index (χ2v) is 22.6. The predicted molar refractivity (Wildman–Crippen MR) is 293 cm³/mol. The molecule has 3 heterocycles. The van der Waals surface area contributed by atoms with Crippen molar-refractivity contribution in [3.8, 4) is 5.75 Å². The number of aromatic hydroxyl groups is 1. The van der Waals surface area contributed by atoms with E-state index in [1.807, 2.05) is 19.0 Å². The highest BCUT2D eigenvalue weighted by atomic mass is 16.3. The van der Waals surface area contributed by atoms with Gasteiger partial charge in [-0.25, -0.2) is 0 Å². The third kappa shape index (κ3) is 20.8. The van der Waals surface area contributed by atoms with Crippen LogP contribution in [0.15, 0.2) is 24.3 Å². The van der Waals surface area contributed by atoms with Crippen LogP contribution in [0.3, 0.4) is 0 Å². The molecule has 1 aromatic rings. The van der Waals surface area contributed by atoms with Gasteiger partial charge in [0.15, 0.2) is 0 Å². The number of hydrogen-bond donors (Lipinski definition) is 14. The number of aliphatic hydroxyl groups excluding tert-OH is 6. The molecule has 3 aliphatic heterocycles. The smallest absolute Gasteiger partial charge is 0.248 e. The summed E-state index contributed by atoms with van der Waals surface area (Å²) >= 11 is 0. The number of aliphatic hydroxyl groups is 6. The Morgan fingerprint density at radius 2 is 1.36 bits per heavy atom. The van der Waals surface area contributed by atoms with Gasteiger partial charge >= 0.3 is 0 Å². The highest BCUT2D eigenvalue weighted by molar-refractivity contribution is 5.98. The Hall–Kier alpha value is -5.54. The summed E-state index contributed by atoms with van der Waals surface area (Å²) in [5, 5.41) is 93.9. The molecule has 8 amide bonds. The topological polar surface area (TPSA) is 386 Å². The number of unbranched alkanes of at least 4 members (excludes halogenated alkanes) is 5. The summed E-state index contributed by atoms with van der Waals surface area (Å²) in [6.45, 7) is 7.77. The zero-order chi connectivity index (χ0) is 59.4. The fourth-order valence-electron chi connectivity index (χ4n) is 10.6. The second-order valence-electron chi connectivity index (χ2n) is 22.6. The lowest BCUT2D eigenvalue weighted by molar-refractivity contribution is -0.148. The van der Waals surface area contributed by atoms with Crippen molar-refractivity contribution in [2.24, 2.45) is 17.6 Å². The summed E-state index contributed by atoms with van der Waals surface area (Å²) in [5.74, 6) is -7.33. The highest BCUT2D eigenvalue weighted by Crippen LogP contribution is 2.25. The summed E-state index contributed by atoms with van der Waals surface area (Å²) in [6.07, 6.45) is -5.22. The second kappa shape index (κ2) is 32.8. The Bertz CT molecular complexity index is 2190. The van der Waals surface area contributed by atoms with Gasteiger partial charge in [0.25, 0.3) is 0 Å². The van der Waals surface area contributed by atoms with E-state index in [9.17, 15) is 74.1 Å². The standard InChI is InChI=1S/C55H92N10O15/c1-7-31(2)25-32(3)15-12-10-8-9-11-13-16-44(74)58-37-28-42(72)49(57-22-14-23-63(5)6)62-53(78)48-39(69)21-24-64(48)55(80)47(41(71)29-43(56)73)61-52(77)46(40(70)26-34-17-19-35(67)20-18-34)60-51(76)38-27-36(68)30-65(38)54(79)45(33(4)66)59-50(37)75/h17-20,31-33,36-42,45-49,57,66-72H,7-16,21-30H2,1-6H3,(H2,56,73)(H,58,74)(H,59,75)(H,60,76)(H,61,77)(H,62,78)/t31-,32+,33+,36+,37-,38-,39-,40+,41+,42+,45-,46-,47-,48-,49?/m0/s1. The van der Waals surface area contributed by atoms with Crippen molar-refractivity contribution in [3.05, 3.63) is 29.8 Å². The molecule has 0 aromatic heterocycles. The molecular formula is C55H92N10O15.